The maximum absolute atomic E-state index is 14.6. The van der Waals surface area contributed by atoms with Gasteiger partial charge in [0.2, 0.25) is 0 Å². The number of rotatable bonds is 1. The second kappa shape index (κ2) is 5.94. The molecule has 0 amide bonds. The van der Waals surface area contributed by atoms with Crippen LogP contribution in [0.15, 0.2) is 36.9 Å². The molecule has 0 fully saturated rings. The summed E-state index contributed by atoms with van der Waals surface area (Å²) in [6, 6.07) is 5.06. The number of anilines is 1. The number of halogens is 1. The summed E-state index contributed by atoms with van der Waals surface area (Å²) in [7, 11) is 1.92. The Morgan fingerprint density at radius 1 is 1.21 bits per heavy atom. The number of hydrogen-bond acceptors (Lipinski definition) is 6. The van der Waals surface area contributed by atoms with Crippen molar-refractivity contribution in [2.24, 2.45) is 7.05 Å². The van der Waals surface area contributed by atoms with Crippen LogP contribution in [0.4, 0.5) is 10.2 Å². The van der Waals surface area contributed by atoms with E-state index in [0.717, 1.165) is 22.7 Å². The lowest BCUT2D eigenvalue weighted by Gasteiger charge is -2.16. The Balaban J connectivity index is 1.54. The molecule has 1 aromatic carbocycles. The highest BCUT2D eigenvalue weighted by Gasteiger charge is 2.31. The van der Waals surface area contributed by atoms with Crippen LogP contribution in [0, 0.1) is 5.82 Å². The molecule has 4 aromatic rings. The van der Waals surface area contributed by atoms with E-state index in [9.17, 15) is 4.39 Å². The molecule has 0 saturated heterocycles. The third-order valence-electron chi connectivity index (χ3n) is 5.58. The fourth-order valence-electron chi connectivity index (χ4n) is 4.17. The van der Waals surface area contributed by atoms with E-state index in [-0.39, 0.29) is 11.7 Å². The highest BCUT2D eigenvalue weighted by molar-refractivity contribution is 5.78. The molecule has 5 heterocycles. The van der Waals surface area contributed by atoms with Gasteiger partial charge in [0.15, 0.2) is 17.2 Å². The minimum Gasteiger partial charge on any atom is -0.493 e. The SMILES string of the molecule is Cn1ccnc1-c1cc2c(n3cnnc13)NCc1c(F)ccc3c1[C@@H](CO3)CO2. The van der Waals surface area contributed by atoms with Crippen LogP contribution in [-0.2, 0) is 13.6 Å². The molecule has 0 unspecified atom stereocenters. The van der Waals surface area contributed by atoms with Gasteiger partial charge in [0.05, 0.1) is 24.7 Å². The lowest BCUT2D eigenvalue weighted by Crippen LogP contribution is -2.13. The van der Waals surface area contributed by atoms with Crippen molar-refractivity contribution in [1.29, 1.82) is 0 Å². The summed E-state index contributed by atoms with van der Waals surface area (Å²) in [5.41, 5.74) is 2.95. The van der Waals surface area contributed by atoms with Gasteiger partial charge in [0.1, 0.15) is 23.7 Å². The average Bonchev–Trinajstić information content (AvgIpc) is 3.45. The van der Waals surface area contributed by atoms with Crippen LogP contribution in [0.25, 0.3) is 17.0 Å². The molecular formula is C20H17FN6O2. The Hall–Kier alpha value is -3.62. The van der Waals surface area contributed by atoms with E-state index in [2.05, 4.69) is 20.5 Å². The molecule has 29 heavy (non-hydrogen) atoms. The second-order valence-corrected chi connectivity index (χ2v) is 7.27. The van der Waals surface area contributed by atoms with Gasteiger partial charge in [-0.1, -0.05) is 0 Å². The van der Waals surface area contributed by atoms with Crippen LogP contribution in [0.2, 0.25) is 0 Å². The van der Waals surface area contributed by atoms with Gasteiger partial charge in [-0.05, 0) is 18.2 Å². The zero-order valence-corrected chi connectivity index (χ0v) is 15.6. The van der Waals surface area contributed by atoms with Gasteiger partial charge in [-0.15, -0.1) is 10.2 Å². The molecule has 8 nitrogen and oxygen atoms in total. The van der Waals surface area contributed by atoms with E-state index < -0.39 is 0 Å². The first kappa shape index (κ1) is 16.3. The molecule has 1 atom stereocenters. The lowest BCUT2D eigenvalue weighted by molar-refractivity contribution is 0.249. The lowest BCUT2D eigenvalue weighted by atomic mass is 9.96. The first-order valence-electron chi connectivity index (χ1n) is 9.36. The van der Waals surface area contributed by atoms with Crippen molar-refractivity contribution in [2.75, 3.05) is 18.5 Å². The number of fused-ring (bicyclic) bond motifs is 3. The smallest absolute Gasteiger partial charge is 0.173 e. The van der Waals surface area contributed by atoms with Gasteiger partial charge in [0.25, 0.3) is 0 Å². The fourth-order valence-corrected chi connectivity index (χ4v) is 4.17. The second-order valence-electron chi connectivity index (χ2n) is 7.27. The number of pyridine rings is 1. The van der Waals surface area contributed by atoms with Crippen molar-refractivity contribution < 1.29 is 13.9 Å². The molecule has 0 saturated carbocycles. The molecule has 6 rings (SSSR count). The summed E-state index contributed by atoms with van der Waals surface area (Å²) in [5, 5.41) is 11.7. The predicted octanol–water partition coefficient (Wildman–Crippen LogP) is 2.75. The van der Waals surface area contributed by atoms with E-state index in [1.165, 1.54) is 6.07 Å². The van der Waals surface area contributed by atoms with Gasteiger partial charge >= 0.3 is 0 Å². The Kier molecular flexibility index (Phi) is 3.35. The van der Waals surface area contributed by atoms with Gasteiger partial charge in [-0.25, -0.2) is 9.37 Å². The summed E-state index contributed by atoms with van der Waals surface area (Å²) in [5.74, 6) is 2.52. The standard InChI is InChI=1S/C20H17FN6O2/c1-26-5-4-22-18(26)12-6-16-20(27-10-24-25-19(12)27)23-7-13-14(21)2-3-15-17(13)11(8-28-15)9-29-16/h2-6,10-11,23H,7-9H2,1H3/t11-/m0/s1. The predicted molar refractivity (Wildman–Crippen MR) is 103 cm³/mol. The number of imidazole rings is 1. The number of ether oxygens (including phenoxy) is 2. The normalized spacial score (nSPS) is 17.4. The highest BCUT2D eigenvalue weighted by atomic mass is 19.1. The summed E-state index contributed by atoms with van der Waals surface area (Å²) in [6.45, 7) is 1.16. The quantitative estimate of drug-likeness (QED) is 0.537. The van der Waals surface area contributed by atoms with Gasteiger partial charge < -0.3 is 19.4 Å². The molecule has 1 N–H and O–H groups in total. The molecule has 2 aliphatic heterocycles. The van der Waals surface area contributed by atoms with E-state index in [1.54, 1.807) is 18.6 Å². The molecule has 0 bridgehead atoms. The average molecular weight is 392 g/mol. The van der Waals surface area contributed by atoms with Gasteiger partial charge in [0, 0.05) is 37.1 Å². The molecule has 0 radical (unpaired) electrons. The summed E-state index contributed by atoms with van der Waals surface area (Å²) >= 11 is 0. The summed E-state index contributed by atoms with van der Waals surface area (Å²) in [4.78, 5) is 4.44. The number of nitrogens with one attached hydrogen (secondary N) is 1. The molecule has 9 heteroatoms. The van der Waals surface area contributed by atoms with Crippen molar-refractivity contribution in [3.8, 4) is 22.9 Å². The number of aromatic nitrogens is 5. The van der Waals surface area contributed by atoms with Gasteiger partial charge in [-0.3, -0.25) is 4.40 Å². The zero-order chi connectivity index (χ0) is 19.5. The summed E-state index contributed by atoms with van der Waals surface area (Å²) < 4.78 is 30.4. The van der Waals surface area contributed by atoms with Crippen LogP contribution < -0.4 is 14.8 Å². The van der Waals surface area contributed by atoms with Crippen molar-refractivity contribution >= 4 is 11.5 Å². The van der Waals surface area contributed by atoms with Crippen molar-refractivity contribution in [2.45, 2.75) is 12.5 Å². The van der Waals surface area contributed by atoms with Crippen molar-refractivity contribution in [3.05, 3.63) is 53.9 Å². The Bertz CT molecular complexity index is 1260. The topological polar surface area (TPSA) is 78.5 Å². The fraction of sp³-hybridized carbons (Fsp3) is 0.250. The van der Waals surface area contributed by atoms with E-state index >= 15 is 0 Å². The number of hydrogen-bond donors (Lipinski definition) is 1. The van der Waals surface area contributed by atoms with Crippen molar-refractivity contribution in [1.82, 2.24) is 24.1 Å². The molecule has 3 aromatic heterocycles. The maximum Gasteiger partial charge on any atom is 0.173 e. The minimum atomic E-state index is -0.250. The Morgan fingerprint density at radius 3 is 2.90 bits per heavy atom. The molecular weight excluding hydrogens is 375 g/mol. The van der Waals surface area contributed by atoms with Crippen LogP contribution in [-0.4, -0.2) is 37.4 Å². The summed E-state index contributed by atoms with van der Waals surface area (Å²) in [6.07, 6.45) is 5.23. The number of benzene rings is 1. The van der Waals surface area contributed by atoms with E-state index in [4.69, 9.17) is 9.47 Å². The van der Waals surface area contributed by atoms with Crippen LogP contribution in [0.5, 0.6) is 11.5 Å². The highest BCUT2D eigenvalue weighted by Crippen LogP contribution is 2.41. The third kappa shape index (κ3) is 2.33. The zero-order valence-electron chi connectivity index (χ0n) is 15.6. The Labute approximate surface area is 164 Å². The number of nitrogens with zero attached hydrogens (tertiary/aromatic N) is 5. The van der Waals surface area contributed by atoms with Crippen LogP contribution in [0.1, 0.15) is 17.0 Å². The minimum absolute atomic E-state index is 0.0309. The molecule has 0 aliphatic carbocycles. The molecule has 146 valence electrons. The first-order valence-corrected chi connectivity index (χ1v) is 9.36. The molecule has 0 spiro atoms. The van der Waals surface area contributed by atoms with E-state index in [1.807, 2.05) is 28.3 Å². The molecule has 2 aliphatic rings. The van der Waals surface area contributed by atoms with Crippen LogP contribution >= 0.6 is 0 Å². The Morgan fingerprint density at radius 2 is 2.07 bits per heavy atom. The largest absolute Gasteiger partial charge is 0.493 e. The maximum atomic E-state index is 14.6. The van der Waals surface area contributed by atoms with E-state index in [0.29, 0.717) is 42.5 Å². The monoisotopic (exact) mass is 392 g/mol. The van der Waals surface area contributed by atoms with Crippen molar-refractivity contribution in [3.63, 3.8) is 0 Å². The third-order valence-corrected chi connectivity index (χ3v) is 5.58. The van der Waals surface area contributed by atoms with Crippen LogP contribution in [0.3, 0.4) is 0 Å². The van der Waals surface area contributed by atoms with Gasteiger partial charge in [-0.2, -0.15) is 0 Å². The first-order chi connectivity index (χ1) is 14.2. The number of aryl methyl sites for hydroxylation is 1.